The number of fused-ring (bicyclic) bond motifs is 2. The van der Waals surface area contributed by atoms with Gasteiger partial charge in [0.1, 0.15) is 12.1 Å². The first-order chi connectivity index (χ1) is 16.0. The van der Waals surface area contributed by atoms with Crippen LogP contribution >= 0.6 is 0 Å². The Kier molecular flexibility index (Phi) is 6.44. The lowest BCUT2D eigenvalue weighted by Gasteiger charge is -2.22. The van der Waals surface area contributed by atoms with Crippen LogP contribution in [-0.4, -0.2) is 46.9 Å². The third-order valence-electron chi connectivity index (χ3n) is 5.69. The summed E-state index contributed by atoms with van der Waals surface area (Å²) in [7, 11) is 1.29. The summed E-state index contributed by atoms with van der Waals surface area (Å²) in [5.74, 6) is -1.34. The van der Waals surface area contributed by atoms with Crippen molar-refractivity contribution < 1.29 is 19.1 Å². The van der Waals surface area contributed by atoms with Gasteiger partial charge in [0.2, 0.25) is 11.8 Å². The molecule has 0 bridgehead atoms. The van der Waals surface area contributed by atoms with E-state index in [0.717, 1.165) is 32.9 Å². The third kappa shape index (κ3) is 4.90. The highest BCUT2D eigenvalue weighted by atomic mass is 16.5. The average molecular weight is 447 g/mol. The number of carbonyl (C=O) groups is 3. The van der Waals surface area contributed by atoms with E-state index >= 15 is 0 Å². The zero-order valence-corrected chi connectivity index (χ0v) is 18.5. The Morgan fingerprint density at radius 3 is 1.85 bits per heavy atom. The van der Waals surface area contributed by atoms with Gasteiger partial charge < -0.3 is 25.3 Å². The molecular weight excluding hydrogens is 420 g/mol. The lowest BCUT2D eigenvalue weighted by molar-refractivity contribution is -0.145. The summed E-state index contributed by atoms with van der Waals surface area (Å²) >= 11 is 0. The molecule has 170 valence electrons. The molecule has 0 aliphatic heterocycles. The fraction of sp³-hybridized carbons (Fsp3) is 0.240. The maximum atomic E-state index is 13.2. The number of amides is 2. The van der Waals surface area contributed by atoms with Gasteiger partial charge in [-0.05, 0) is 23.3 Å². The topological polar surface area (TPSA) is 116 Å². The Morgan fingerprint density at radius 2 is 1.33 bits per heavy atom. The first kappa shape index (κ1) is 22.1. The fourth-order valence-corrected chi connectivity index (χ4v) is 4.10. The second-order valence-corrected chi connectivity index (χ2v) is 7.96. The number of H-pyrrole nitrogens is 2. The van der Waals surface area contributed by atoms with E-state index in [9.17, 15) is 14.4 Å². The monoisotopic (exact) mass is 446 g/mol. The van der Waals surface area contributed by atoms with Crippen molar-refractivity contribution in [2.45, 2.75) is 31.8 Å². The van der Waals surface area contributed by atoms with Crippen LogP contribution in [0.25, 0.3) is 21.8 Å². The van der Waals surface area contributed by atoms with Crippen LogP contribution < -0.4 is 10.6 Å². The van der Waals surface area contributed by atoms with Crippen LogP contribution in [0.15, 0.2) is 60.9 Å². The fourth-order valence-electron chi connectivity index (χ4n) is 4.10. The maximum absolute atomic E-state index is 13.2. The second kappa shape index (κ2) is 9.60. The van der Waals surface area contributed by atoms with E-state index in [2.05, 4.69) is 20.6 Å². The minimum Gasteiger partial charge on any atom is -0.467 e. The van der Waals surface area contributed by atoms with Gasteiger partial charge in [-0.2, -0.15) is 0 Å². The highest BCUT2D eigenvalue weighted by Crippen LogP contribution is 2.21. The molecule has 0 spiro atoms. The summed E-state index contributed by atoms with van der Waals surface area (Å²) in [6.45, 7) is 1.36. The van der Waals surface area contributed by atoms with Crippen LogP contribution in [0.4, 0.5) is 0 Å². The van der Waals surface area contributed by atoms with Crippen molar-refractivity contribution in [1.82, 2.24) is 20.6 Å². The van der Waals surface area contributed by atoms with Crippen molar-refractivity contribution in [3.8, 4) is 0 Å². The predicted octanol–water partition coefficient (Wildman–Crippen LogP) is 2.60. The summed E-state index contributed by atoms with van der Waals surface area (Å²) < 4.78 is 4.94. The molecule has 0 aliphatic rings. The van der Waals surface area contributed by atoms with Gasteiger partial charge in [-0.25, -0.2) is 4.79 Å². The molecule has 0 saturated carbocycles. The molecule has 2 heterocycles. The van der Waals surface area contributed by atoms with E-state index in [0.29, 0.717) is 0 Å². The van der Waals surface area contributed by atoms with Gasteiger partial charge in [0.05, 0.1) is 7.11 Å². The van der Waals surface area contributed by atoms with Gasteiger partial charge in [0, 0.05) is 54.0 Å². The molecule has 33 heavy (non-hydrogen) atoms. The van der Waals surface area contributed by atoms with Gasteiger partial charge in [-0.1, -0.05) is 36.4 Å². The molecule has 8 nitrogen and oxygen atoms in total. The smallest absolute Gasteiger partial charge is 0.328 e. The van der Waals surface area contributed by atoms with Gasteiger partial charge >= 0.3 is 5.97 Å². The van der Waals surface area contributed by atoms with Crippen LogP contribution in [0.5, 0.6) is 0 Å². The minimum atomic E-state index is -0.902. The van der Waals surface area contributed by atoms with Crippen LogP contribution in [-0.2, 0) is 32.0 Å². The van der Waals surface area contributed by atoms with E-state index in [4.69, 9.17) is 4.74 Å². The number of hydrogen-bond donors (Lipinski definition) is 4. The van der Waals surface area contributed by atoms with Crippen LogP contribution in [0.1, 0.15) is 18.1 Å². The molecule has 0 saturated heterocycles. The number of rotatable bonds is 8. The highest BCUT2D eigenvalue weighted by Gasteiger charge is 2.28. The minimum absolute atomic E-state index is 0.252. The molecule has 8 heteroatoms. The molecule has 4 rings (SSSR count). The zero-order chi connectivity index (χ0) is 23.4. The number of para-hydroxylation sites is 2. The summed E-state index contributed by atoms with van der Waals surface area (Å²) in [6.07, 6.45) is 4.18. The normalized spacial score (nSPS) is 12.9. The van der Waals surface area contributed by atoms with Crippen molar-refractivity contribution >= 4 is 39.6 Å². The van der Waals surface area contributed by atoms with Gasteiger partial charge in [0.25, 0.3) is 0 Å². The maximum Gasteiger partial charge on any atom is 0.328 e. The van der Waals surface area contributed by atoms with Crippen LogP contribution in [0, 0.1) is 0 Å². The summed E-state index contributed by atoms with van der Waals surface area (Å²) in [4.78, 5) is 43.9. The Balaban J connectivity index is 1.55. The Labute approximate surface area is 190 Å². The Morgan fingerprint density at radius 1 is 0.818 bits per heavy atom. The first-order valence-electron chi connectivity index (χ1n) is 10.7. The number of aromatic amines is 2. The number of aromatic nitrogens is 2. The predicted molar refractivity (Wildman–Crippen MR) is 126 cm³/mol. The molecular formula is C25H26N4O4. The van der Waals surface area contributed by atoms with Crippen molar-refractivity contribution in [3.05, 3.63) is 72.1 Å². The largest absolute Gasteiger partial charge is 0.467 e. The second-order valence-electron chi connectivity index (χ2n) is 7.96. The number of nitrogens with one attached hydrogen (secondary N) is 4. The zero-order valence-electron chi connectivity index (χ0n) is 18.5. The molecule has 1 unspecified atom stereocenters. The van der Waals surface area contributed by atoms with Gasteiger partial charge in [-0.15, -0.1) is 0 Å². The van der Waals surface area contributed by atoms with Crippen LogP contribution in [0.3, 0.4) is 0 Å². The molecule has 2 atom stereocenters. The van der Waals surface area contributed by atoms with Gasteiger partial charge in [0.15, 0.2) is 0 Å². The van der Waals surface area contributed by atoms with Crippen molar-refractivity contribution in [3.63, 3.8) is 0 Å². The SMILES string of the molecule is COC(=O)C(Cc1c[nH]c2ccccc12)NC(=O)[C@H](Cc1c[nH]c2ccccc12)NC(C)=O. The molecule has 2 aromatic heterocycles. The summed E-state index contributed by atoms with van der Waals surface area (Å²) in [5.41, 5.74) is 3.67. The molecule has 2 aromatic carbocycles. The number of carbonyl (C=O) groups excluding carboxylic acids is 3. The molecule has 4 aromatic rings. The number of methoxy groups -OCH3 is 1. The molecule has 2 amide bonds. The standard InChI is InChI=1S/C25H26N4O4/c1-15(30)28-22(11-16-13-26-20-9-5-3-7-18(16)20)24(31)29-23(25(32)33-2)12-17-14-27-21-10-6-4-8-19(17)21/h3-10,13-14,22-23,26-27H,11-12H2,1-2H3,(H,28,30)(H,29,31)/t22-,23?/m0/s1. The van der Waals surface area contributed by atoms with Gasteiger partial charge in [-0.3, -0.25) is 9.59 Å². The average Bonchev–Trinajstić information content (AvgIpc) is 3.41. The lowest BCUT2D eigenvalue weighted by Crippen LogP contribution is -2.53. The van der Waals surface area contributed by atoms with Crippen LogP contribution in [0.2, 0.25) is 0 Å². The Hall–Kier alpha value is -4.07. The number of hydrogen-bond acceptors (Lipinski definition) is 4. The highest BCUT2D eigenvalue weighted by molar-refractivity contribution is 5.92. The Bertz CT molecular complexity index is 1310. The van der Waals surface area contributed by atoms with E-state index in [1.165, 1.54) is 14.0 Å². The van der Waals surface area contributed by atoms with E-state index in [1.807, 2.05) is 60.9 Å². The molecule has 0 fully saturated rings. The first-order valence-corrected chi connectivity index (χ1v) is 10.7. The van der Waals surface area contributed by atoms with E-state index in [1.54, 1.807) is 0 Å². The molecule has 4 N–H and O–H groups in total. The summed E-state index contributed by atoms with van der Waals surface area (Å²) in [6, 6.07) is 13.7. The number of esters is 1. The lowest BCUT2D eigenvalue weighted by atomic mass is 10.0. The van der Waals surface area contributed by atoms with E-state index in [-0.39, 0.29) is 18.7 Å². The molecule has 0 radical (unpaired) electrons. The van der Waals surface area contributed by atoms with Crippen molar-refractivity contribution in [1.29, 1.82) is 0 Å². The van der Waals surface area contributed by atoms with Crippen molar-refractivity contribution in [2.24, 2.45) is 0 Å². The van der Waals surface area contributed by atoms with Crippen molar-refractivity contribution in [2.75, 3.05) is 7.11 Å². The number of ether oxygens (including phenoxy) is 1. The number of benzene rings is 2. The summed E-state index contributed by atoms with van der Waals surface area (Å²) in [5, 5.41) is 7.44. The van der Waals surface area contributed by atoms with E-state index < -0.39 is 24.0 Å². The quantitative estimate of drug-likeness (QED) is 0.311. The molecule has 0 aliphatic carbocycles. The third-order valence-corrected chi connectivity index (χ3v) is 5.69.